The van der Waals surface area contributed by atoms with Gasteiger partial charge in [-0.05, 0) is 13.3 Å². The Bertz CT molecular complexity index is 678. The normalized spacial score (nSPS) is 11.3. The number of hydrogen-bond acceptors (Lipinski definition) is 3. The molecule has 2 heterocycles. The Morgan fingerprint density at radius 1 is 1.28 bits per heavy atom. The van der Waals surface area contributed by atoms with Gasteiger partial charge in [-0.15, -0.1) is 0 Å². The number of imidazole rings is 1. The number of rotatable bonds is 4. The molecule has 0 saturated heterocycles. The number of aromatic nitrogens is 4. The van der Waals surface area contributed by atoms with Crippen LogP contribution in [0.1, 0.15) is 32.5 Å². The molecule has 0 spiro atoms. The van der Waals surface area contributed by atoms with Crippen LogP contribution in [-0.2, 0) is 20.0 Å². The fourth-order valence-corrected chi connectivity index (χ4v) is 2.11. The minimum absolute atomic E-state index is 0.269. The van der Waals surface area contributed by atoms with Crippen LogP contribution in [0.2, 0.25) is 0 Å². The zero-order valence-corrected chi connectivity index (χ0v) is 11.0. The molecule has 0 amide bonds. The van der Waals surface area contributed by atoms with E-state index in [4.69, 9.17) is 0 Å². The average molecular weight is 250 g/mol. The molecule has 2 rings (SSSR count). The van der Waals surface area contributed by atoms with Gasteiger partial charge in [0.1, 0.15) is 5.82 Å². The summed E-state index contributed by atoms with van der Waals surface area (Å²) in [5.74, 6) is 0.841. The molecule has 1 N–H and O–H groups in total. The van der Waals surface area contributed by atoms with Gasteiger partial charge < -0.3 is 4.57 Å². The second-order valence-electron chi connectivity index (χ2n) is 4.37. The predicted molar refractivity (Wildman–Crippen MR) is 69.9 cm³/mol. The zero-order chi connectivity index (χ0) is 13.3. The van der Waals surface area contributed by atoms with Crippen molar-refractivity contribution in [3.8, 4) is 0 Å². The molecule has 6 heteroatoms. The van der Waals surface area contributed by atoms with Crippen LogP contribution < -0.4 is 11.2 Å². The van der Waals surface area contributed by atoms with Crippen molar-refractivity contribution in [2.75, 3.05) is 0 Å². The first kappa shape index (κ1) is 12.6. The van der Waals surface area contributed by atoms with Crippen molar-refractivity contribution in [2.45, 2.75) is 39.7 Å². The van der Waals surface area contributed by atoms with Crippen molar-refractivity contribution >= 4 is 11.2 Å². The molecule has 18 heavy (non-hydrogen) atoms. The van der Waals surface area contributed by atoms with Gasteiger partial charge >= 0.3 is 5.69 Å². The third kappa shape index (κ3) is 1.87. The maximum absolute atomic E-state index is 12.2. The van der Waals surface area contributed by atoms with Crippen LogP contribution in [0, 0.1) is 0 Å². The molecular weight excluding hydrogens is 232 g/mol. The smallest absolute Gasteiger partial charge is 0.325 e. The number of nitrogens with zero attached hydrogens (tertiary/aromatic N) is 3. The Balaban J connectivity index is 2.70. The van der Waals surface area contributed by atoms with Crippen molar-refractivity contribution < 1.29 is 0 Å². The van der Waals surface area contributed by atoms with E-state index >= 15 is 0 Å². The Labute approximate surface area is 104 Å². The molecule has 0 aliphatic rings. The molecule has 0 atom stereocenters. The Morgan fingerprint density at radius 2 is 2.00 bits per heavy atom. The van der Waals surface area contributed by atoms with Crippen molar-refractivity contribution in [2.24, 2.45) is 7.05 Å². The van der Waals surface area contributed by atoms with E-state index in [-0.39, 0.29) is 5.56 Å². The van der Waals surface area contributed by atoms with E-state index in [0.29, 0.717) is 17.7 Å². The number of H-pyrrole nitrogens is 1. The summed E-state index contributed by atoms with van der Waals surface area (Å²) in [6.07, 6.45) is 2.90. The number of hydrogen-bond donors (Lipinski definition) is 1. The van der Waals surface area contributed by atoms with Gasteiger partial charge in [0.2, 0.25) is 0 Å². The van der Waals surface area contributed by atoms with Gasteiger partial charge in [-0.2, -0.15) is 0 Å². The third-order valence-corrected chi connectivity index (χ3v) is 3.18. The lowest BCUT2D eigenvalue weighted by Crippen LogP contribution is -2.35. The summed E-state index contributed by atoms with van der Waals surface area (Å²) < 4.78 is 2.98. The summed E-state index contributed by atoms with van der Waals surface area (Å²) in [7, 11) is 1.82. The van der Waals surface area contributed by atoms with Gasteiger partial charge in [-0.1, -0.05) is 13.3 Å². The minimum atomic E-state index is -0.393. The summed E-state index contributed by atoms with van der Waals surface area (Å²) in [6.45, 7) is 4.24. The van der Waals surface area contributed by atoms with Crippen molar-refractivity contribution in [1.29, 1.82) is 0 Å². The van der Waals surface area contributed by atoms with Crippen LogP contribution >= 0.6 is 0 Å². The molecule has 6 nitrogen and oxygen atoms in total. The summed E-state index contributed by atoms with van der Waals surface area (Å²) in [5, 5.41) is 0. The van der Waals surface area contributed by atoms with E-state index in [2.05, 4.69) is 16.9 Å². The second kappa shape index (κ2) is 4.80. The monoisotopic (exact) mass is 250 g/mol. The van der Waals surface area contributed by atoms with Crippen molar-refractivity contribution in [3.63, 3.8) is 0 Å². The predicted octanol–water partition coefficient (Wildman–Crippen LogP) is 0.786. The maximum atomic E-state index is 12.2. The highest BCUT2D eigenvalue weighted by Crippen LogP contribution is 2.09. The topological polar surface area (TPSA) is 72.7 Å². The highest BCUT2D eigenvalue weighted by atomic mass is 16.2. The lowest BCUT2D eigenvalue weighted by Gasteiger charge is -2.02. The number of fused-ring (bicyclic) bond motifs is 1. The van der Waals surface area contributed by atoms with E-state index in [0.717, 1.165) is 25.1 Å². The van der Waals surface area contributed by atoms with Crippen LogP contribution in [0.5, 0.6) is 0 Å². The quantitative estimate of drug-likeness (QED) is 0.871. The van der Waals surface area contributed by atoms with Gasteiger partial charge in [-0.25, -0.2) is 9.78 Å². The van der Waals surface area contributed by atoms with E-state index in [1.165, 1.54) is 4.57 Å². The standard InChI is InChI=1S/C12H18N4O2/c1-4-6-7-8-13-10-9(15(8)3)11(17)16(5-2)12(18)14-10/h4-7H2,1-3H3,(H,14,18). The summed E-state index contributed by atoms with van der Waals surface area (Å²) in [6, 6.07) is 0. The second-order valence-corrected chi connectivity index (χ2v) is 4.37. The zero-order valence-electron chi connectivity index (χ0n) is 11.0. The first-order valence-corrected chi connectivity index (χ1v) is 6.28. The molecule has 0 aromatic carbocycles. The maximum Gasteiger partial charge on any atom is 0.330 e. The summed E-state index contributed by atoms with van der Waals surface area (Å²) in [4.78, 5) is 30.9. The Hall–Kier alpha value is -1.85. The van der Waals surface area contributed by atoms with Crippen molar-refractivity contribution in [1.82, 2.24) is 19.1 Å². The largest absolute Gasteiger partial charge is 0.330 e. The molecule has 2 aromatic rings. The van der Waals surface area contributed by atoms with Crippen LogP contribution in [0.3, 0.4) is 0 Å². The van der Waals surface area contributed by atoms with Gasteiger partial charge in [0.05, 0.1) is 0 Å². The molecular formula is C12H18N4O2. The van der Waals surface area contributed by atoms with E-state index in [9.17, 15) is 9.59 Å². The molecule has 0 unspecified atom stereocenters. The number of nitrogens with one attached hydrogen (secondary N) is 1. The summed E-state index contributed by atoms with van der Waals surface area (Å²) in [5.41, 5.74) is 0.204. The van der Waals surface area contributed by atoms with Gasteiger partial charge in [0.15, 0.2) is 11.2 Å². The molecule has 0 saturated carbocycles. The first-order chi connectivity index (χ1) is 8.60. The Morgan fingerprint density at radius 3 is 2.61 bits per heavy atom. The molecule has 0 aliphatic heterocycles. The molecule has 0 aliphatic carbocycles. The lowest BCUT2D eigenvalue weighted by atomic mass is 10.2. The highest BCUT2D eigenvalue weighted by Gasteiger charge is 2.14. The number of aryl methyl sites for hydroxylation is 2. The fourth-order valence-electron chi connectivity index (χ4n) is 2.11. The van der Waals surface area contributed by atoms with Crippen LogP contribution in [-0.4, -0.2) is 19.1 Å². The molecule has 98 valence electrons. The molecule has 0 bridgehead atoms. The van der Waals surface area contributed by atoms with Crippen LogP contribution in [0.4, 0.5) is 0 Å². The highest BCUT2D eigenvalue weighted by molar-refractivity contribution is 5.70. The van der Waals surface area contributed by atoms with Gasteiger partial charge in [0.25, 0.3) is 5.56 Å². The van der Waals surface area contributed by atoms with E-state index < -0.39 is 5.69 Å². The number of unbranched alkanes of at least 4 members (excludes halogenated alkanes) is 1. The molecule has 0 radical (unpaired) electrons. The molecule has 2 aromatic heterocycles. The fraction of sp³-hybridized carbons (Fsp3) is 0.583. The molecule has 0 fully saturated rings. The van der Waals surface area contributed by atoms with E-state index in [1.807, 2.05) is 7.05 Å². The van der Waals surface area contributed by atoms with Crippen molar-refractivity contribution in [3.05, 3.63) is 26.7 Å². The number of aromatic amines is 1. The van der Waals surface area contributed by atoms with Gasteiger partial charge in [-0.3, -0.25) is 14.3 Å². The minimum Gasteiger partial charge on any atom is -0.325 e. The summed E-state index contributed by atoms with van der Waals surface area (Å²) >= 11 is 0. The van der Waals surface area contributed by atoms with Crippen LogP contribution in [0.25, 0.3) is 11.2 Å². The third-order valence-electron chi connectivity index (χ3n) is 3.18. The lowest BCUT2D eigenvalue weighted by molar-refractivity contribution is 0.677. The first-order valence-electron chi connectivity index (χ1n) is 6.28. The van der Waals surface area contributed by atoms with Crippen LogP contribution in [0.15, 0.2) is 9.59 Å². The van der Waals surface area contributed by atoms with Gasteiger partial charge in [0, 0.05) is 20.0 Å². The van der Waals surface area contributed by atoms with E-state index in [1.54, 1.807) is 11.5 Å². The Kier molecular flexibility index (Phi) is 3.36. The SMILES string of the molecule is CCCCc1nc2[nH]c(=O)n(CC)c(=O)c2n1C. The average Bonchev–Trinajstić information content (AvgIpc) is 2.64.